The summed E-state index contributed by atoms with van der Waals surface area (Å²) < 4.78 is 5.01. The lowest BCUT2D eigenvalue weighted by Gasteiger charge is -2.17. The molecular formula is C12H13ClO3. The van der Waals surface area contributed by atoms with Crippen molar-refractivity contribution in [1.29, 1.82) is 0 Å². The quantitative estimate of drug-likeness (QED) is 0.461. The Bertz CT molecular complexity index is 385. The number of hydrogen-bond acceptors (Lipinski definition) is 3. The van der Waals surface area contributed by atoms with Gasteiger partial charge in [-0.25, -0.2) is 0 Å². The summed E-state index contributed by atoms with van der Waals surface area (Å²) in [7, 11) is 0. The number of ether oxygens (including phenoxy) is 1. The zero-order valence-corrected chi connectivity index (χ0v) is 9.95. The van der Waals surface area contributed by atoms with Crippen molar-refractivity contribution in [2.75, 3.05) is 0 Å². The molecule has 0 aromatic heterocycles. The third-order valence-corrected chi connectivity index (χ3v) is 2.69. The van der Waals surface area contributed by atoms with Crippen LogP contribution in [0.3, 0.4) is 0 Å². The van der Waals surface area contributed by atoms with Crippen molar-refractivity contribution in [3.8, 4) is 0 Å². The van der Waals surface area contributed by atoms with E-state index in [0.29, 0.717) is 0 Å². The molecule has 0 heterocycles. The lowest BCUT2D eigenvalue weighted by Crippen LogP contribution is -2.32. The Morgan fingerprint density at radius 2 is 1.81 bits per heavy atom. The summed E-state index contributed by atoms with van der Waals surface area (Å²) in [4.78, 5) is 22.5. The van der Waals surface area contributed by atoms with Gasteiger partial charge in [-0.2, -0.15) is 0 Å². The predicted molar refractivity (Wildman–Crippen MR) is 60.9 cm³/mol. The highest BCUT2D eigenvalue weighted by atomic mass is 35.5. The normalized spacial score (nSPS) is 10.9. The van der Waals surface area contributed by atoms with Gasteiger partial charge in [-0.1, -0.05) is 30.3 Å². The topological polar surface area (TPSA) is 43.4 Å². The molecule has 0 saturated carbocycles. The number of carbonyl (C=O) groups excluding carboxylic acids is 2. The van der Waals surface area contributed by atoms with Crippen LogP contribution in [-0.4, -0.2) is 11.2 Å². The SMILES string of the molecule is CC(C)(C(=O)Cl)C(=O)OCc1ccccc1. The zero-order chi connectivity index (χ0) is 12.2. The monoisotopic (exact) mass is 240 g/mol. The molecule has 0 bridgehead atoms. The Balaban J connectivity index is 2.57. The van der Waals surface area contributed by atoms with Crippen molar-refractivity contribution in [3.05, 3.63) is 35.9 Å². The van der Waals surface area contributed by atoms with E-state index < -0.39 is 16.6 Å². The van der Waals surface area contributed by atoms with Gasteiger partial charge in [-0.05, 0) is 31.0 Å². The molecule has 0 spiro atoms. The smallest absolute Gasteiger partial charge is 0.320 e. The summed E-state index contributed by atoms with van der Waals surface area (Å²) in [6.07, 6.45) is 0. The molecule has 0 N–H and O–H groups in total. The second-order valence-corrected chi connectivity index (χ2v) is 4.30. The van der Waals surface area contributed by atoms with Gasteiger partial charge in [0.05, 0.1) is 0 Å². The molecule has 0 aliphatic carbocycles. The van der Waals surface area contributed by atoms with E-state index in [2.05, 4.69) is 0 Å². The van der Waals surface area contributed by atoms with Gasteiger partial charge in [-0.3, -0.25) is 9.59 Å². The minimum atomic E-state index is -1.30. The number of hydrogen-bond donors (Lipinski definition) is 0. The first kappa shape index (κ1) is 12.7. The molecule has 0 amide bonds. The molecule has 0 radical (unpaired) electrons. The second kappa shape index (κ2) is 5.12. The van der Waals surface area contributed by atoms with Gasteiger partial charge < -0.3 is 4.74 Å². The Kier molecular flexibility index (Phi) is 4.07. The minimum Gasteiger partial charge on any atom is -0.460 e. The van der Waals surface area contributed by atoms with Crippen molar-refractivity contribution in [2.24, 2.45) is 5.41 Å². The maximum absolute atomic E-state index is 11.6. The molecule has 0 fully saturated rings. The standard InChI is InChI=1S/C12H13ClO3/c1-12(2,10(13)14)11(15)16-8-9-6-4-3-5-7-9/h3-7H,8H2,1-2H3. The minimum absolute atomic E-state index is 0.146. The second-order valence-electron chi connectivity index (χ2n) is 3.96. The van der Waals surface area contributed by atoms with Crippen LogP contribution in [0, 0.1) is 5.41 Å². The van der Waals surface area contributed by atoms with Crippen LogP contribution in [0.4, 0.5) is 0 Å². The van der Waals surface area contributed by atoms with Crippen molar-refractivity contribution >= 4 is 22.8 Å². The van der Waals surface area contributed by atoms with E-state index in [0.717, 1.165) is 5.56 Å². The molecule has 86 valence electrons. The molecule has 3 nitrogen and oxygen atoms in total. The third-order valence-electron chi connectivity index (χ3n) is 2.21. The largest absolute Gasteiger partial charge is 0.460 e. The fourth-order valence-electron chi connectivity index (χ4n) is 0.984. The van der Waals surface area contributed by atoms with Gasteiger partial charge in [0.1, 0.15) is 12.0 Å². The fraction of sp³-hybridized carbons (Fsp3) is 0.333. The van der Waals surface area contributed by atoms with Crippen LogP contribution in [0.25, 0.3) is 0 Å². The van der Waals surface area contributed by atoms with Crippen LogP contribution in [0.1, 0.15) is 19.4 Å². The van der Waals surface area contributed by atoms with Gasteiger partial charge in [0.2, 0.25) is 5.24 Å². The molecule has 0 aliphatic heterocycles. The maximum Gasteiger partial charge on any atom is 0.320 e. The van der Waals surface area contributed by atoms with E-state index >= 15 is 0 Å². The van der Waals surface area contributed by atoms with Crippen LogP contribution in [0.5, 0.6) is 0 Å². The van der Waals surface area contributed by atoms with Gasteiger partial charge in [0, 0.05) is 0 Å². The Morgan fingerprint density at radius 1 is 1.25 bits per heavy atom. The molecule has 0 aliphatic rings. The Morgan fingerprint density at radius 3 is 2.31 bits per heavy atom. The van der Waals surface area contributed by atoms with Crippen molar-refractivity contribution in [3.63, 3.8) is 0 Å². The first-order valence-corrected chi connectivity index (χ1v) is 5.23. The van der Waals surface area contributed by atoms with Crippen LogP contribution < -0.4 is 0 Å². The van der Waals surface area contributed by atoms with Gasteiger partial charge >= 0.3 is 5.97 Å². The molecule has 1 rings (SSSR count). The van der Waals surface area contributed by atoms with Gasteiger partial charge in [0.15, 0.2) is 0 Å². The van der Waals surface area contributed by atoms with Gasteiger partial charge in [-0.15, -0.1) is 0 Å². The zero-order valence-electron chi connectivity index (χ0n) is 9.20. The lowest BCUT2D eigenvalue weighted by molar-refractivity contribution is -0.157. The van der Waals surface area contributed by atoms with Crippen molar-refractivity contribution in [1.82, 2.24) is 0 Å². The number of benzene rings is 1. The summed E-state index contributed by atoms with van der Waals surface area (Å²) in [6.45, 7) is 3.03. The van der Waals surface area contributed by atoms with Crippen molar-refractivity contribution < 1.29 is 14.3 Å². The average Bonchev–Trinajstić information content (AvgIpc) is 2.27. The summed E-state index contributed by atoms with van der Waals surface area (Å²) in [6, 6.07) is 9.24. The van der Waals surface area contributed by atoms with Crippen LogP contribution in [-0.2, 0) is 20.9 Å². The van der Waals surface area contributed by atoms with Gasteiger partial charge in [0.25, 0.3) is 0 Å². The van der Waals surface area contributed by atoms with E-state index in [1.54, 1.807) is 0 Å². The first-order chi connectivity index (χ1) is 7.44. The van der Waals surface area contributed by atoms with Crippen LogP contribution in [0.2, 0.25) is 0 Å². The molecule has 0 atom stereocenters. The molecule has 1 aromatic rings. The number of esters is 1. The predicted octanol–water partition coefficient (Wildman–Crippen LogP) is 2.52. The lowest BCUT2D eigenvalue weighted by atomic mass is 9.96. The highest BCUT2D eigenvalue weighted by molar-refractivity contribution is 6.66. The van der Waals surface area contributed by atoms with E-state index in [9.17, 15) is 9.59 Å². The summed E-state index contributed by atoms with van der Waals surface area (Å²) in [5.74, 6) is -0.614. The average molecular weight is 241 g/mol. The highest BCUT2D eigenvalue weighted by Gasteiger charge is 2.36. The van der Waals surface area contributed by atoms with E-state index in [-0.39, 0.29) is 6.61 Å². The molecule has 4 heteroatoms. The fourth-order valence-corrected chi connectivity index (χ4v) is 1.06. The molecule has 1 aromatic carbocycles. The molecule has 0 saturated heterocycles. The Hall–Kier alpha value is -1.35. The number of rotatable bonds is 4. The summed E-state index contributed by atoms with van der Waals surface area (Å²) in [5.41, 5.74) is -0.426. The van der Waals surface area contributed by atoms with Crippen LogP contribution >= 0.6 is 11.6 Å². The van der Waals surface area contributed by atoms with E-state index in [1.165, 1.54) is 13.8 Å². The molecular weight excluding hydrogens is 228 g/mol. The number of halogens is 1. The number of carbonyl (C=O) groups is 2. The Labute approximate surface area is 99.4 Å². The molecule has 16 heavy (non-hydrogen) atoms. The van der Waals surface area contributed by atoms with E-state index in [1.807, 2.05) is 30.3 Å². The maximum atomic E-state index is 11.6. The third kappa shape index (κ3) is 3.07. The van der Waals surface area contributed by atoms with E-state index in [4.69, 9.17) is 16.3 Å². The summed E-state index contributed by atoms with van der Waals surface area (Å²) >= 11 is 5.31. The summed E-state index contributed by atoms with van der Waals surface area (Å²) in [5, 5.41) is -0.717. The first-order valence-electron chi connectivity index (χ1n) is 4.85. The van der Waals surface area contributed by atoms with Crippen LogP contribution in [0.15, 0.2) is 30.3 Å². The highest BCUT2D eigenvalue weighted by Crippen LogP contribution is 2.21. The molecule has 0 unspecified atom stereocenters. The van der Waals surface area contributed by atoms with Crippen molar-refractivity contribution in [2.45, 2.75) is 20.5 Å².